The number of nitrogens with zero attached hydrogens (tertiary/aromatic N) is 3. The molecule has 0 atom stereocenters. The maximum atomic E-state index is 12.3. The lowest BCUT2D eigenvalue weighted by molar-refractivity contribution is -0.146. The van der Waals surface area contributed by atoms with E-state index in [0.29, 0.717) is 32.7 Å². The van der Waals surface area contributed by atoms with Gasteiger partial charge in [-0.15, -0.1) is 0 Å². The van der Waals surface area contributed by atoms with E-state index in [1.54, 1.807) is 6.20 Å². The summed E-state index contributed by atoms with van der Waals surface area (Å²) in [4.78, 5) is 7.65. The summed E-state index contributed by atoms with van der Waals surface area (Å²) < 4.78 is 36.8. The first-order valence-electron chi connectivity index (χ1n) is 6.17. The van der Waals surface area contributed by atoms with E-state index in [1.165, 1.54) is 4.90 Å². The Morgan fingerprint density at radius 2 is 1.89 bits per heavy atom. The average molecular weight is 274 g/mol. The van der Waals surface area contributed by atoms with Crippen molar-refractivity contribution in [2.75, 3.05) is 37.6 Å². The Morgan fingerprint density at radius 3 is 2.47 bits per heavy atom. The Balaban J connectivity index is 1.92. The molecule has 2 heterocycles. The van der Waals surface area contributed by atoms with Gasteiger partial charge >= 0.3 is 6.18 Å². The van der Waals surface area contributed by atoms with Crippen LogP contribution >= 0.6 is 0 Å². The maximum Gasteiger partial charge on any atom is 0.401 e. The second kappa shape index (κ2) is 5.75. The molecule has 4 nitrogen and oxygen atoms in total. The van der Waals surface area contributed by atoms with Gasteiger partial charge in [-0.1, -0.05) is 0 Å². The van der Waals surface area contributed by atoms with Crippen molar-refractivity contribution in [3.05, 3.63) is 23.9 Å². The van der Waals surface area contributed by atoms with E-state index in [4.69, 9.17) is 5.73 Å². The van der Waals surface area contributed by atoms with Crippen molar-refractivity contribution in [1.82, 2.24) is 9.88 Å². The van der Waals surface area contributed by atoms with E-state index in [2.05, 4.69) is 4.98 Å². The highest BCUT2D eigenvalue weighted by molar-refractivity contribution is 5.41. The minimum Gasteiger partial charge on any atom is -0.354 e. The van der Waals surface area contributed by atoms with Crippen molar-refractivity contribution < 1.29 is 13.2 Å². The lowest BCUT2D eigenvalue weighted by atomic mass is 10.2. The molecular formula is C12H17F3N4. The molecule has 1 aliphatic heterocycles. The summed E-state index contributed by atoms with van der Waals surface area (Å²) in [6.45, 7) is 1.50. The molecule has 0 bridgehead atoms. The molecule has 0 unspecified atom stereocenters. The molecule has 0 aliphatic carbocycles. The largest absolute Gasteiger partial charge is 0.401 e. The standard InChI is InChI=1S/C12H17F3N4/c13-12(14,15)9-18-3-5-19(6-4-18)11-7-10(8-16)1-2-17-11/h1-2,7H,3-6,8-9,16H2. The summed E-state index contributed by atoms with van der Waals surface area (Å²) in [5.41, 5.74) is 6.53. The molecule has 0 spiro atoms. The highest BCUT2D eigenvalue weighted by atomic mass is 19.4. The third-order valence-electron chi connectivity index (χ3n) is 3.14. The molecule has 1 aromatic rings. The van der Waals surface area contributed by atoms with E-state index in [-0.39, 0.29) is 0 Å². The molecule has 0 saturated carbocycles. The van der Waals surface area contributed by atoms with E-state index in [1.807, 2.05) is 17.0 Å². The first-order chi connectivity index (χ1) is 8.98. The smallest absolute Gasteiger partial charge is 0.354 e. The molecule has 1 aliphatic rings. The van der Waals surface area contributed by atoms with Gasteiger partial charge in [0.1, 0.15) is 5.82 Å². The van der Waals surface area contributed by atoms with Crippen molar-refractivity contribution in [1.29, 1.82) is 0 Å². The van der Waals surface area contributed by atoms with Crippen LogP contribution < -0.4 is 10.6 Å². The van der Waals surface area contributed by atoms with Crippen molar-refractivity contribution in [3.63, 3.8) is 0 Å². The first-order valence-corrected chi connectivity index (χ1v) is 6.17. The summed E-state index contributed by atoms with van der Waals surface area (Å²) in [7, 11) is 0. The fourth-order valence-electron chi connectivity index (χ4n) is 2.15. The lowest BCUT2D eigenvalue weighted by Crippen LogP contribution is -2.49. The Kier molecular flexibility index (Phi) is 4.26. The zero-order valence-electron chi connectivity index (χ0n) is 10.5. The minimum absolute atomic E-state index is 0.397. The van der Waals surface area contributed by atoms with Gasteiger partial charge in [0, 0.05) is 38.9 Å². The zero-order chi connectivity index (χ0) is 13.9. The lowest BCUT2D eigenvalue weighted by Gasteiger charge is -2.35. The second-order valence-corrected chi connectivity index (χ2v) is 4.60. The predicted octanol–water partition coefficient (Wildman–Crippen LogP) is 1.22. The van der Waals surface area contributed by atoms with Crippen molar-refractivity contribution in [2.24, 2.45) is 5.73 Å². The number of nitrogens with two attached hydrogens (primary N) is 1. The molecular weight excluding hydrogens is 257 g/mol. The van der Waals surface area contributed by atoms with Crippen LogP contribution in [0.4, 0.5) is 19.0 Å². The van der Waals surface area contributed by atoms with E-state index in [9.17, 15) is 13.2 Å². The molecule has 0 radical (unpaired) electrons. The maximum absolute atomic E-state index is 12.3. The topological polar surface area (TPSA) is 45.4 Å². The minimum atomic E-state index is -4.13. The number of hydrogen-bond donors (Lipinski definition) is 1. The van der Waals surface area contributed by atoms with Gasteiger partial charge in [0.2, 0.25) is 0 Å². The van der Waals surface area contributed by atoms with Gasteiger partial charge in [0.05, 0.1) is 6.54 Å². The molecule has 0 aromatic carbocycles. The number of hydrogen-bond acceptors (Lipinski definition) is 4. The van der Waals surface area contributed by atoms with Crippen molar-refractivity contribution in [2.45, 2.75) is 12.7 Å². The van der Waals surface area contributed by atoms with E-state index >= 15 is 0 Å². The van der Waals surface area contributed by atoms with Crippen molar-refractivity contribution >= 4 is 5.82 Å². The molecule has 1 fully saturated rings. The number of halogens is 3. The Hall–Kier alpha value is -1.34. The normalized spacial score (nSPS) is 17.8. The molecule has 7 heteroatoms. The number of alkyl halides is 3. The van der Waals surface area contributed by atoms with Gasteiger partial charge in [0.15, 0.2) is 0 Å². The van der Waals surface area contributed by atoms with Crippen LogP contribution in [-0.2, 0) is 6.54 Å². The van der Waals surface area contributed by atoms with Crippen LogP contribution in [0, 0.1) is 0 Å². The highest BCUT2D eigenvalue weighted by Gasteiger charge is 2.32. The van der Waals surface area contributed by atoms with Crippen LogP contribution in [-0.4, -0.2) is 48.8 Å². The van der Waals surface area contributed by atoms with Gasteiger partial charge in [-0.2, -0.15) is 13.2 Å². The van der Waals surface area contributed by atoms with Gasteiger partial charge in [-0.25, -0.2) is 4.98 Å². The first kappa shape index (κ1) is 14.1. The Morgan fingerprint density at radius 1 is 1.21 bits per heavy atom. The fraction of sp³-hybridized carbons (Fsp3) is 0.583. The summed E-state index contributed by atoms with van der Waals surface area (Å²) in [6, 6.07) is 3.73. The number of aromatic nitrogens is 1. The third-order valence-corrected chi connectivity index (χ3v) is 3.14. The fourth-order valence-corrected chi connectivity index (χ4v) is 2.15. The molecule has 19 heavy (non-hydrogen) atoms. The molecule has 2 rings (SSSR count). The summed E-state index contributed by atoms with van der Waals surface area (Å²) in [5.74, 6) is 0.787. The summed E-state index contributed by atoms with van der Waals surface area (Å²) in [6.07, 6.45) is -2.44. The quantitative estimate of drug-likeness (QED) is 0.900. The molecule has 2 N–H and O–H groups in total. The number of piperazine rings is 1. The SMILES string of the molecule is NCc1ccnc(N2CCN(CC(F)(F)F)CC2)c1. The number of anilines is 1. The van der Waals surface area contributed by atoms with Crippen LogP contribution in [0.5, 0.6) is 0 Å². The van der Waals surface area contributed by atoms with Crippen LogP contribution in [0.25, 0.3) is 0 Å². The zero-order valence-corrected chi connectivity index (χ0v) is 10.5. The van der Waals surface area contributed by atoms with Crippen LogP contribution in [0.2, 0.25) is 0 Å². The van der Waals surface area contributed by atoms with E-state index in [0.717, 1.165) is 11.4 Å². The molecule has 106 valence electrons. The predicted molar refractivity (Wildman–Crippen MR) is 66.8 cm³/mol. The number of rotatable bonds is 3. The highest BCUT2D eigenvalue weighted by Crippen LogP contribution is 2.19. The Bertz CT molecular complexity index is 414. The van der Waals surface area contributed by atoms with Gasteiger partial charge in [-0.05, 0) is 17.7 Å². The second-order valence-electron chi connectivity index (χ2n) is 4.60. The van der Waals surface area contributed by atoms with Crippen molar-refractivity contribution in [3.8, 4) is 0 Å². The summed E-state index contributed by atoms with van der Waals surface area (Å²) in [5, 5.41) is 0. The van der Waals surface area contributed by atoms with Crippen LogP contribution in [0.3, 0.4) is 0 Å². The molecule has 1 aromatic heterocycles. The van der Waals surface area contributed by atoms with Crippen LogP contribution in [0.1, 0.15) is 5.56 Å². The third kappa shape index (κ3) is 4.07. The number of pyridine rings is 1. The summed E-state index contributed by atoms with van der Waals surface area (Å²) >= 11 is 0. The van der Waals surface area contributed by atoms with E-state index < -0.39 is 12.7 Å². The van der Waals surface area contributed by atoms with Gasteiger partial charge < -0.3 is 10.6 Å². The molecule has 1 saturated heterocycles. The Labute approximate surface area is 110 Å². The molecule has 0 amide bonds. The average Bonchev–Trinajstić information content (AvgIpc) is 2.38. The van der Waals surface area contributed by atoms with Gasteiger partial charge in [0.25, 0.3) is 0 Å². The monoisotopic (exact) mass is 274 g/mol. The van der Waals surface area contributed by atoms with Gasteiger partial charge in [-0.3, -0.25) is 4.90 Å². The van der Waals surface area contributed by atoms with Crippen LogP contribution in [0.15, 0.2) is 18.3 Å².